The number of nitrogens with zero attached hydrogens (tertiary/aromatic N) is 5. The Morgan fingerprint density at radius 1 is 1.24 bits per heavy atom. The number of fused-ring (bicyclic) bond motifs is 1. The fraction of sp³-hybridized carbons (Fsp3) is 0.529. The fourth-order valence-electron chi connectivity index (χ4n) is 3.42. The molecule has 1 unspecified atom stereocenters. The van der Waals surface area contributed by atoms with E-state index in [9.17, 15) is 0 Å². The Labute approximate surface area is 152 Å². The van der Waals surface area contributed by atoms with Crippen LogP contribution in [0.3, 0.4) is 0 Å². The van der Waals surface area contributed by atoms with Crippen molar-refractivity contribution in [2.75, 3.05) is 13.1 Å². The van der Waals surface area contributed by atoms with Crippen molar-refractivity contribution in [3.63, 3.8) is 0 Å². The highest BCUT2D eigenvalue weighted by atomic mass is 35.5. The van der Waals surface area contributed by atoms with Gasteiger partial charge in [-0.15, -0.1) is 12.4 Å². The zero-order valence-electron chi connectivity index (χ0n) is 14.5. The SMILES string of the molecule is Cc1cc(C)n2ncc(-c3noc(CC4CCCNCC4)n3)c2n1.Cl. The summed E-state index contributed by atoms with van der Waals surface area (Å²) >= 11 is 0. The van der Waals surface area contributed by atoms with E-state index in [2.05, 4.69) is 25.5 Å². The summed E-state index contributed by atoms with van der Waals surface area (Å²) < 4.78 is 7.31. The molecule has 8 heteroatoms. The van der Waals surface area contributed by atoms with Crippen molar-refractivity contribution in [2.24, 2.45) is 5.92 Å². The van der Waals surface area contributed by atoms with Gasteiger partial charge in [-0.25, -0.2) is 9.50 Å². The summed E-state index contributed by atoms with van der Waals surface area (Å²) in [4.78, 5) is 9.18. The van der Waals surface area contributed by atoms with Crippen LogP contribution in [-0.4, -0.2) is 37.8 Å². The van der Waals surface area contributed by atoms with Crippen LogP contribution < -0.4 is 5.32 Å². The predicted molar refractivity (Wildman–Crippen MR) is 96.9 cm³/mol. The van der Waals surface area contributed by atoms with Crippen LogP contribution in [0.4, 0.5) is 0 Å². The highest BCUT2D eigenvalue weighted by Gasteiger charge is 2.19. The van der Waals surface area contributed by atoms with Gasteiger partial charge in [-0.3, -0.25) is 0 Å². The molecule has 0 aromatic carbocycles. The van der Waals surface area contributed by atoms with E-state index >= 15 is 0 Å². The molecule has 1 saturated heterocycles. The van der Waals surface area contributed by atoms with Crippen LogP contribution in [0, 0.1) is 19.8 Å². The maximum Gasteiger partial charge on any atom is 0.227 e. The molecule has 4 rings (SSSR count). The van der Waals surface area contributed by atoms with Crippen LogP contribution in [0.5, 0.6) is 0 Å². The number of aromatic nitrogens is 5. The molecule has 1 aliphatic rings. The summed E-state index contributed by atoms with van der Waals surface area (Å²) in [5.74, 6) is 1.89. The van der Waals surface area contributed by atoms with E-state index in [1.807, 2.05) is 24.4 Å². The molecule has 25 heavy (non-hydrogen) atoms. The third-order valence-electron chi connectivity index (χ3n) is 4.65. The Hall–Kier alpha value is -1.99. The van der Waals surface area contributed by atoms with Crippen LogP contribution in [-0.2, 0) is 6.42 Å². The summed E-state index contributed by atoms with van der Waals surface area (Å²) in [7, 11) is 0. The van der Waals surface area contributed by atoms with Crippen molar-refractivity contribution < 1.29 is 4.52 Å². The molecule has 3 aromatic rings. The molecular formula is C17H23ClN6O. The van der Waals surface area contributed by atoms with Gasteiger partial charge in [0.15, 0.2) is 5.65 Å². The Morgan fingerprint density at radius 2 is 2.12 bits per heavy atom. The lowest BCUT2D eigenvalue weighted by Gasteiger charge is -2.09. The number of aryl methyl sites for hydroxylation is 2. The molecule has 1 N–H and O–H groups in total. The molecule has 0 bridgehead atoms. The number of halogens is 1. The zero-order valence-corrected chi connectivity index (χ0v) is 15.3. The van der Waals surface area contributed by atoms with Crippen LogP contribution in [0.15, 0.2) is 16.8 Å². The van der Waals surface area contributed by atoms with Crippen LogP contribution in [0.2, 0.25) is 0 Å². The third kappa shape index (κ3) is 3.67. The van der Waals surface area contributed by atoms with Crippen LogP contribution in [0.25, 0.3) is 17.0 Å². The van der Waals surface area contributed by atoms with E-state index in [0.29, 0.717) is 17.6 Å². The molecule has 0 saturated carbocycles. The van der Waals surface area contributed by atoms with Gasteiger partial charge in [-0.05, 0) is 58.2 Å². The van der Waals surface area contributed by atoms with Crippen molar-refractivity contribution in [3.05, 3.63) is 29.5 Å². The highest BCUT2D eigenvalue weighted by Crippen LogP contribution is 2.24. The van der Waals surface area contributed by atoms with Gasteiger partial charge >= 0.3 is 0 Å². The van der Waals surface area contributed by atoms with Crippen molar-refractivity contribution in [1.29, 1.82) is 0 Å². The quantitative estimate of drug-likeness (QED) is 0.771. The van der Waals surface area contributed by atoms with Gasteiger partial charge in [-0.1, -0.05) is 5.16 Å². The molecule has 1 aliphatic heterocycles. The summed E-state index contributed by atoms with van der Waals surface area (Å²) in [6.07, 6.45) is 6.19. The monoisotopic (exact) mass is 362 g/mol. The molecule has 0 amide bonds. The average molecular weight is 363 g/mol. The smallest absolute Gasteiger partial charge is 0.227 e. The van der Waals surface area contributed by atoms with Gasteiger partial charge in [0.25, 0.3) is 0 Å². The van der Waals surface area contributed by atoms with Gasteiger partial charge in [0.2, 0.25) is 11.7 Å². The van der Waals surface area contributed by atoms with Crippen LogP contribution >= 0.6 is 12.4 Å². The fourth-order valence-corrected chi connectivity index (χ4v) is 3.42. The normalized spacial score (nSPS) is 18.1. The second-order valence-corrected chi connectivity index (χ2v) is 6.60. The minimum atomic E-state index is 0. The van der Waals surface area contributed by atoms with Crippen molar-refractivity contribution in [2.45, 2.75) is 39.5 Å². The third-order valence-corrected chi connectivity index (χ3v) is 4.65. The molecule has 1 fully saturated rings. The number of nitrogens with one attached hydrogen (secondary N) is 1. The second-order valence-electron chi connectivity index (χ2n) is 6.60. The molecule has 1 atom stereocenters. The lowest BCUT2D eigenvalue weighted by molar-refractivity contribution is 0.341. The lowest BCUT2D eigenvalue weighted by Crippen LogP contribution is -2.14. The van der Waals surface area contributed by atoms with Crippen molar-refractivity contribution in [3.8, 4) is 11.4 Å². The molecule has 3 aromatic heterocycles. The molecule has 7 nitrogen and oxygen atoms in total. The minimum absolute atomic E-state index is 0. The van der Waals surface area contributed by atoms with Gasteiger partial charge in [0.1, 0.15) is 0 Å². The minimum Gasteiger partial charge on any atom is -0.339 e. The van der Waals surface area contributed by atoms with Crippen LogP contribution in [0.1, 0.15) is 36.5 Å². The molecule has 4 heterocycles. The first-order chi connectivity index (χ1) is 11.7. The summed E-state index contributed by atoms with van der Waals surface area (Å²) in [6, 6.07) is 2.01. The number of hydrogen-bond donors (Lipinski definition) is 1. The first-order valence-corrected chi connectivity index (χ1v) is 8.56. The highest BCUT2D eigenvalue weighted by molar-refractivity contribution is 5.85. The molecular weight excluding hydrogens is 340 g/mol. The lowest BCUT2D eigenvalue weighted by atomic mass is 9.97. The molecule has 0 aliphatic carbocycles. The maximum absolute atomic E-state index is 5.50. The number of rotatable bonds is 3. The van der Waals surface area contributed by atoms with Gasteiger partial charge in [0.05, 0.1) is 11.8 Å². The van der Waals surface area contributed by atoms with E-state index in [1.165, 1.54) is 12.8 Å². The van der Waals surface area contributed by atoms with Crippen molar-refractivity contribution >= 4 is 18.1 Å². The molecule has 134 valence electrons. The molecule has 0 spiro atoms. The maximum atomic E-state index is 5.50. The standard InChI is InChI=1S/C17H22N6O.ClH/c1-11-8-12(2)23-17(20-11)14(10-19-23)16-21-15(24-22-16)9-13-4-3-6-18-7-5-13;/h8,10,13,18H,3-7,9H2,1-2H3;1H. The summed E-state index contributed by atoms with van der Waals surface area (Å²) in [5, 5.41) is 12.0. The predicted octanol–water partition coefficient (Wildman–Crippen LogP) is 2.75. The Morgan fingerprint density at radius 3 is 3.00 bits per heavy atom. The van der Waals surface area contributed by atoms with Crippen molar-refractivity contribution in [1.82, 2.24) is 30.1 Å². The van der Waals surface area contributed by atoms with E-state index in [0.717, 1.165) is 48.5 Å². The Kier molecular flexibility index (Phi) is 5.34. The Balaban J connectivity index is 0.00000182. The Bertz CT molecular complexity index is 850. The second kappa shape index (κ2) is 7.49. The van der Waals surface area contributed by atoms with E-state index < -0.39 is 0 Å². The zero-order chi connectivity index (χ0) is 16.5. The molecule has 0 radical (unpaired) electrons. The van der Waals surface area contributed by atoms with E-state index in [1.54, 1.807) is 6.20 Å². The first-order valence-electron chi connectivity index (χ1n) is 8.56. The van der Waals surface area contributed by atoms with E-state index in [4.69, 9.17) is 4.52 Å². The topological polar surface area (TPSA) is 81.1 Å². The first kappa shape index (κ1) is 17.8. The van der Waals surface area contributed by atoms with Gasteiger partial charge in [0, 0.05) is 17.8 Å². The summed E-state index contributed by atoms with van der Waals surface area (Å²) in [5.41, 5.74) is 3.59. The number of hydrogen-bond acceptors (Lipinski definition) is 6. The van der Waals surface area contributed by atoms with Gasteiger partial charge in [-0.2, -0.15) is 10.1 Å². The van der Waals surface area contributed by atoms with E-state index in [-0.39, 0.29) is 12.4 Å². The summed E-state index contributed by atoms with van der Waals surface area (Å²) in [6.45, 7) is 6.17. The largest absolute Gasteiger partial charge is 0.339 e. The van der Waals surface area contributed by atoms with Gasteiger partial charge < -0.3 is 9.84 Å². The average Bonchev–Trinajstić information content (AvgIpc) is 3.08.